The zero-order chi connectivity index (χ0) is 42.2. The quantitative estimate of drug-likeness (QED) is 0.0907. The molecule has 20 nitrogen and oxygen atoms in total. The monoisotopic (exact) mass is 832 g/mol. The van der Waals surface area contributed by atoms with Gasteiger partial charge in [-0.3, -0.25) is 38.1 Å². The van der Waals surface area contributed by atoms with E-state index >= 15 is 0 Å². The Morgan fingerprint density at radius 3 is 2.16 bits per heavy atom. The molecule has 0 saturated carbocycles. The summed E-state index contributed by atoms with van der Waals surface area (Å²) in [6.07, 6.45) is 2.47. The van der Waals surface area contributed by atoms with Crippen molar-refractivity contribution >= 4 is 74.8 Å². The van der Waals surface area contributed by atoms with Crippen molar-refractivity contribution in [3.05, 3.63) is 52.0 Å². The van der Waals surface area contributed by atoms with Gasteiger partial charge in [0.05, 0.1) is 17.8 Å². The molecule has 8 amide bonds. The molecule has 1 aromatic carbocycles. The highest BCUT2D eigenvalue weighted by molar-refractivity contribution is 7.85. The molecule has 0 spiro atoms. The molecular formula is C35H44N8O12S2. The van der Waals surface area contributed by atoms with Crippen LogP contribution in [-0.2, 0) is 50.1 Å². The molecule has 7 atom stereocenters. The molecule has 8 N–H and O–H groups in total. The van der Waals surface area contributed by atoms with Crippen LogP contribution in [0, 0.1) is 5.92 Å². The van der Waals surface area contributed by atoms with Crippen LogP contribution in [0.25, 0.3) is 6.08 Å². The third kappa shape index (κ3) is 11.6. The summed E-state index contributed by atoms with van der Waals surface area (Å²) in [7, 11) is -4.90. The molecule has 308 valence electrons. The molecule has 22 heteroatoms. The summed E-state index contributed by atoms with van der Waals surface area (Å²) < 4.78 is 33.3. The lowest BCUT2D eigenvalue weighted by Gasteiger charge is -2.29. The van der Waals surface area contributed by atoms with Crippen LogP contribution >= 0.6 is 11.3 Å². The predicted molar refractivity (Wildman–Crippen MR) is 202 cm³/mol. The molecule has 3 heterocycles. The highest BCUT2D eigenvalue weighted by Crippen LogP contribution is 2.25. The number of imide groups is 1. The van der Waals surface area contributed by atoms with Crippen molar-refractivity contribution in [2.24, 2.45) is 5.92 Å². The first-order chi connectivity index (χ1) is 26.8. The molecule has 0 unspecified atom stereocenters. The Hall–Kier alpha value is -5.74. The fourth-order valence-electron chi connectivity index (χ4n) is 5.87. The van der Waals surface area contributed by atoms with Gasteiger partial charge >= 0.3 is 6.03 Å². The summed E-state index contributed by atoms with van der Waals surface area (Å²) in [6, 6.07) is -3.52. The number of carbonyl (C=O) groups is 8. The largest absolute Gasteiger partial charge is 0.508 e. The minimum Gasteiger partial charge on any atom is -0.508 e. The number of benzene rings is 1. The van der Waals surface area contributed by atoms with Crippen LogP contribution < -0.4 is 31.9 Å². The number of aromatic hydroxyl groups is 1. The van der Waals surface area contributed by atoms with E-state index in [9.17, 15) is 56.4 Å². The van der Waals surface area contributed by atoms with Crippen molar-refractivity contribution in [1.82, 2.24) is 41.8 Å². The number of fused-ring (bicyclic) bond motifs is 2. The first-order valence-electron chi connectivity index (χ1n) is 17.9. The van der Waals surface area contributed by atoms with Gasteiger partial charge < -0.3 is 37.0 Å². The summed E-state index contributed by atoms with van der Waals surface area (Å²) >= 11 is 1.06. The molecule has 0 radical (unpaired) electrons. The van der Waals surface area contributed by atoms with Gasteiger partial charge in [0.15, 0.2) is 0 Å². The van der Waals surface area contributed by atoms with Gasteiger partial charge in [-0.1, -0.05) is 39.3 Å². The van der Waals surface area contributed by atoms with Crippen molar-refractivity contribution in [2.45, 2.75) is 83.2 Å². The van der Waals surface area contributed by atoms with Gasteiger partial charge in [0, 0.05) is 18.0 Å². The van der Waals surface area contributed by atoms with E-state index in [1.165, 1.54) is 37.4 Å². The van der Waals surface area contributed by atoms with Crippen molar-refractivity contribution in [3.63, 3.8) is 0 Å². The number of rotatable bonds is 8. The van der Waals surface area contributed by atoms with Crippen LogP contribution in [0.5, 0.6) is 5.75 Å². The average Bonchev–Trinajstić information content (AvgIpc) is 3.73. The van der Waals surface area contributed by atoms with E-state index in [0.717, 1.165) is 17.4 Å². The standard InChI is InChI=1S/C35H44N8O12S2/c1-5-17(3)27-28(46)32(50)41-23(13-19-7-10-21(44)11-8-19)33-38-20(15-56-33)9-12-26(45)39-24(16-57(53,54)55)29(47)36-14-25(43-34(51)18(4)37-35(43)52)31(49)40-22(6-2)30(48)42-27/h7-12,15,17-18,22-25,27,44H,5-6,13-14,16H2,1-4H3,(H,36,47)(H,37,52)(H,39,45)(H,40,49)(H,41,50)(H,42,48)(H,53,54,55)/b12-9+/t17-,18-,22-,23-,24-,25-,27-/m0/s1. The maximum absolute atomic E-state index is 13.8. The summed E-state index contributed by atoms with van der Waals surface area (Å²) in [6.45, 7) is 5.39. The first kappa shape index (κ1) is 44.0. The smallest absolute Gasteiger partial charge is 0.325 e. The van der Waals surface area contributed by atoms with Crippen LogP contribution in [0.3, 0.4) is 0 Å². The lowest BCUT2D eigenvalue weighted by atomic mass is 9.94. The summed E-state index contributed by atoms with van der Waals surface area (Å²) in [5.74, 6) is -9.08. The molecule has 2 aromatic rings. The highest BCUT2D eigenvalue weighted by atomic mass is 32.2. The van der Waals surface area contributed by atoms with Crippen LogP contribution in [0.4, 0.5) is 4.79 Å². The third-order valence-electron chi connectivity index (χ3n) is 9.24. The molecule has 1 fully saturated rings. The number of carbonyl (C=O) groups excluding carboxylic acids is 8. The lowest BCUT2D eigenvalue weighted by Crippen LogP contribution is -2.61. The number of phenols is 1. The van der Waals surface area contributed by atoms with E-state index < -0.39 is 112 Å². The Bertz CT molecular complexity index is 2040. The maximum Gasteiger partial charge on any atom is 0.325 e. The Kier molecular flexibility index (Phi) is 14.6. The molecule has 2 aliphatic heterocycles. The number of nitrogens with zero attached hydrogens (tertiary/aromatic N) is 2. The van der Waals surface area contributed by atoms with Gasteiger partial charge in [-0.2, -0.15) is 8.42 Å². The van der Waals surface area contributed by atoms with Crippen LogP contribution in [0.15, 0.2) is 35.7 Å². The zero-order valence-electron chi connectivity index (χ0n) is 31.3. The van der Waals surface area contributed by atoms with E-state index in [2.05, 4.69) is 36.9 Å². The number of amides is 8. The minimum atomic E-state index is -4.90. The normalized spacial score (nSPS) is 25.8. The van der Waals surface area contributed by atoms with E-state index in [1.807, 2.05) is 0 Å². The number of nitrogens with one attached hydrogen (secondary N) is 6. The molecular weight excluding hydrogens is 789 g/mol. The number of phenolic OH excluding ortho intramolecular Hbond substituents is 1. The van der Waals surface area contributed by atoms with Crippen LogP contribution in [-0.4, -0.2) is 118 Å². The highest BCUT2D eigenvalue weighted by Gasteiger charge is 2.44. The predicted octanol–water partition coefficient (Wildman–Crippen LogP) is -0.932. The van der Waals surface area contributed by atoms with Gasteiger partial charge in [0.2, 0.25) is 29.4 Å². The Labute approximate surface area is 331 Å². The number of ketones is 1. The van der Waals surface area contributed by atoms with E-state index in [0.29, 0.717) is 21.9 Å². The van der Waals surface area contributed by atoms with Gasteiger partial charge in [0.25, 0.3) is 21.9 Å². The SMILES string of the molecule is CC[C@@H]1NC(=O)[C@@H](N2C(=O)N[C@@H](C)C2=O)CNC(=O)[C@H](CS(=O)(=O)O)NC(=O)/C=C/c2csc(n2)[C@H](Cc2ccc(O)cc2)NC(=O)C(=O)[C@H]([C@@H](C)CC)NC1=O. The number of aromatic nitrogens is 1. The molecule has 4 rings (SSSR count). The second-order valence-electron chi connectivity index (χ2n) is 13.5. The number of urea groups is 1. The number of thiazole rings is 1. The Morgan fingerprint density at radius 1 is 0.877 bits per heavy atom. The molecule has 1 saturated heterocycles. The fraction of sp³-hybridized carbons (Fsp3) is 0.457. The topological polar surface area (TPSA) is 299 Å². The van der Waals surface area contributed by atoms with Crippen LogP contribution in [0.1, 0.15) is 62.8 Å². The summed E-state index contributed by atoms with van der Waals surface area (Å²) in [5, 5.41) is 26.0. The van der Waals surface area contributed by atoms with Crippen molar-refractivity contribution in [1.29, 1.82) is 0 Å². The van der Waals surface area contributed by atoms with E-state index in [1.54, 1.807) is 26.0 Å². The van der Waals surface area contributed by atoms with Gasteiger partial charge in [0.1, 0.15) is 40.7 Å². The Morgan fingerprint density at radius 2 is 1.56 bits per heavy atom. The lowest BCUT2D eigenvalue weighted by molar-refractivity contribution is -0.142. The van der Waals surface area contributed by atoms with Gasteiger partial charge in [-0.05, 0) is 49.5 Å². The van der Waals surface area contributed by atoms with E-state index in [-0.39, 0.29) is 24.3 Å². The maximum atomic E-state index is 13.8. The molecule has 2 aliphatic rings. The summed E-state index contributed by atoms with van der Waals surface area (Å²) in [5.41, 5.74) is 0.822. The second kappa shape index (κ2) is 18.9. The molecule has 0 aliphatic carbocycles. The second-order valence-corrected chi connectivity index (χ2v) is 15.9. The number of hydrogen-bond donors (Lipinski definition) is 8. The van der Waals surface area contributed by atoms with Crippen molar-refractivity contribution in [3.8, 4) is 5.75 Å². The molecule has 1 aromatic heterocycles. The van der Waals surface area contributed by atoms with Crippen molar-refractivity contribution < 1.29 is 56.4 Å². The minimum absolute atomic E-state index is 0.00869. The number of hydrogen-bond acceptors (Lipinski definition) is 13. The van der Waals surface area contributed by atoms with Gasteiger partial charge in [-0.25, -0.2) is 14.7 Å². The summed E-state index contributed by atoms with van der Waals surface area (Å²) in [4.78, 5) is 112. The molecule has 2 bridgehead atoms. The average molecular weight is 833 g/mol. The molecule has 57 heavy (non-hydrogen) atoms. The van der Waals surface area contributed by atoms with Gasteiger partial charge in [-0.15, -0.1) is 11.3 Å². The third-order valence-corrected chi connectivity index (χ3v) is 11.0. The Balaban J connectivity index is 1.77. The fourth-order valence-corrected chi connectivity index (χ4v) is 7.36. The van der Waals surface area contributed by atoms with Crippen LogP contribution in [0.2, 0.25) is 0 Å². The number of Topliss-reactive ketones (excluding diaryl/α,β-unsaturated/α-hetero) is 1. The van der Waals surface area contributed by atoms with E-state index in [4.69, 9.17) is 0 Å². The zero-order valence-corrected chi connectivity index (χ0v) is 32.9. The van der Waals surface area contributed by atoms with Crippen molar-refractivity contribution in [2.75, 3.05) is 12.3 Å². The first-order valence-corrected chi connectivity index (χ1v) is 20.3.